The Labute approximate surface area is 121 Å². The minimum Gasteiger partial charge on any atom is -0.394 e. The summed E-state index contributed by atoms with van der Waals surface area (Å²) in [7, 11) is 0. The molecule has 1 aliphatic carbocycles. The van der Waals surface area contributed by atoms with Crippen molar-refractivity contribution < 1.29 is 10.2 Å². The van der Waals surface area contributed by atoms with E-state index in [1.165, 1.54) is 12.0 Å². The molecule has 0 unspecified atom stereocenters. The molecule has 2 heterocycles. The Morgan fingerprint density at radius 1 is 1.35 bits per heavy atom. The van der Waals surface area contributed by atoms with Gasteiger partial charge in [0.1, 0.15) is 5.60 Å². The van der Waals surface area contributed by atoms with Gasteiger partial charge in [-0.15, -0.1) is 0 Å². The Kier molecular flexibility index (Phi) is 4.26. The van der Waals surface area contributed by atoms with Crippen molar-refractivity contribution in [3.8, 4) is 0 Å². The van der Waals surface area contributed by atoms with Gasteiger partial charge in [0.2, 0.25) is 0 Å². The number of nitrogens with one attached hydrogen (secondary N) is 1. The van der Waals surface area contributed by atoms with Crippen LogP contribution in [0.15, 0.2) is 23.8 Å². The van der Waals surface area contributed by atoms with Gasteiger partial charge in [-0.05, 0) is 37.8 Å². The molecule has 2 aliphatic heterocycles. The van der Waals surface area contributed by atoms with Gasteiger partial charge < -0.3 is 15.5 Å². The lowest BCUT2D eigenvalue weighted by Crippen LogP contribution is -2.71. The number of hydrogen-bond donors (Lipinski definition) is 3. The zero-order valence-electron chi connectivity index (χ0n) is 12.1. The Hall–Kier alpha value is -0.680. The van der Waals surface area contributed by atoms with Crippen LogP contribution in [0.3, 0.4) is 0 Å². The first-order chi connectivity index (χ1) is 9.74. The molecule has 0 radical (unpaired) electrons. The highest BCUT2D eigenvalue weighted by molar-refractivity contribution is 5.28. The summed E-state index contributed by atoms with van der Waals surface area (Å²) in [4.78, 5) is 2.35. The first-order valence-electron chi connectivity index (χ1n) is 7.91. The average Bonchev–Trinajstić information content (AvgIpc) is 2.47. The molecule has 0 saturated carbocycles. The minimum absolute atomic E-state index is 0.0430. The molecular weight excluding hydrogens is 252 g/mol. The van der Waals surface area contributed by atoms with E-state index in [0.29, 0.717) is 13.1 Å². The normalized spacial score (nSPS) is 31.5. The van der Waals surface area contributed by atoms with Crippen LogP contribution in [0.2, 0.25) is 0 Å². The number of allylic oxidation sites excluding steroid dienone is 2. The summed E-state index contributed by atoms with van der Waals surface area (Å²) in [5, 5.41) is 23.8. The molecule has 0 bridgehead atoms. The van der Waals surface area contributed by atoms with Crippen molar-refractivity contribution in [2.75, 3.05) is 26.2 Å². The highest BCUT2D eigenvalue weighted by Gasteiger charge is 2.47. The summed E-state index contributed by atoms with van der Waals surface area (Å²) >= 11 is 0. The van der Waals surface area contributed by atoms with Crippen molar-refractivity contribution in [1.82, 2.24) is 10.2 Å². The summed E-state index contributed by atoms with van der Waals surface area (Å²) in [6.07, 6.45) is 12.1. The van der Waals surface area contributed by atoms with Crippen LogP contribution in [-0.2, 0) is 0 Å². The van der Waals surface area contributed by atoms with Crippen LogP contribution in [0, 0.1) is 0 Å². The lowest BCUT2D eigenvalue weighted by Gasteiger charge is -2.52. The number of aliphatic hydroxyl groups excluding tert-OH is 1. The predicted molar refractivity (Wildman–Crippen MR) is 79.5 cm³/mol. The van der Waals surface area contributed by atoms with Crippen LogP contribution in [0.25, 0.3) is 0 Å². The molecule has 3 rings (SSSR count). The average molecular weight is 278 g/mol. The zero-order valence-corrected chi connectivity index (χ0v) is 12.1. The van der Waals surface area contributed by atoms with Crippen LogP contribution in [-0.4, -0.2) is 59.0 Å². The van der Waals surface area contributed by atoms with Gasteiger partial charge in [0.25, 0.3) is 0 Å². The van der Waals surface area contributed by atoms with Gasteiger partial charge in [0.05, 0.1) is 12.6 Å². The summed E-state index contributed by atoms with van der Waals surface area (Å²) < 4.78 is 0. The van der Waals surface area contributed by atoms with E-state index in [1.807, 2.05) is 0 Å². The molecule has 3 N–H and O–H groups in total. The molecule has 4 nitrogen and oxygen atoms in total. The number of likely N-dealkylation sites (tertiary alicyclic amines) is 1. The van der Waals surface area contributed by atoms with Gasteiger partial charge in [0.15, 0.2) is 0 Å². The molecule has 112 valence electrons. The Bertz CT molecular complexity index is 401. The van der Waals surface area contributed by atoms with Crippen molar-refractivity contribution in [3.05, 3.63) is 23.8 Å². The largest absolute Gasteiger partial charge is 0.394 e. The maximum absolute atomic E-state index is 10.7. The lowest BCUT2D eigenvalue weighted by molar-refractivity contribution is -0.106. The van der Waals surface area contributed by atoms with E-state index in [0.717, 1.165) is 32.2 Å². The van der Waals surface area contributed by atoms with Crippen molar-refractivity contribution >= 4 is 0 Å². The topological polar surface area (TPSA) is 55.7 Å². The molecule has 0 aromatic carbocycles. The number of aliphatic hydroxyl groups is 2. The van der Waals surface area contributed by atoms with Gasteiger partial charge in [-0.2, -0.15) is 0 Å². The highest BCUT2D eigenvalue weighted by atomic mass is 16.3. The predicted octanol–water partition coefficient (Wildman–Crippen LogP) is 0.812. The molecule has 2 atom stereocenters. The van der Waals surface area contributed by atoms with E-state index >= 15 is 0 Å². The molecule has 20 heavy (non-hydrogen) atoms. The maximum atomic E-state index is 10.7. The summed E-state index contributed by atoms with van der Waals surface area (Å²) in [6.45, 7) is 2.47. The van der Waals surface area contributed by atoms with Crippen molar-refractivity contribution in [3.63, 3.8) is 0 Å². The van der Waals surface area contributed by atoms with Crippen LogP contribution in [0.4, 0.5) is 0 Å². The van der Waals surface area contributed by atoms with Crippen LogP contribution < -0.4 is 5.32 Å². The molecule has 4 heteroatoms. The minimum atomic E-state index is -0.604. The van der Waals surface area contributed by atoms with E-state index in [2.05, 4.69) is 28.4 Å². The number of β-amino-alcohol motifs (C(OH)–C–C–N with tert-alkyl or cyclic N) is 1. The maximum Gasteiger partial charge on any atom is 0.105 e. The number of rotatable bonds is 4. The Morgan fingerprint density at radius 2 is 2.20 bits per heavy atom. The van der Waals surface area contributed by atoms with Gasteiger partial charge in [-0.1, -0.05) is 24.6 Å². The molecule has 2 saturated heterocycles. The van der Waals surface area contributed by atoms with E-state index in [1.54, 1.807) is 0 Å². The fourth-order valence-electron chi connectivity index (χ4n) is 3.80. The third-order valence-corrected chi connectivity index (χ3v) is 5.01. The fraction of sp³-hybridized carbons (Fsp3) is 0.750. The molecule has 0 spiro atoms. The summed E-state index contributed by atoms with van der Waals surface area (Å²) in [6, 6.07) is 0.215. The second-order valence-corrected chi connectivity index (χ2v) is 6.34. The summed E-state index contributed by atoms with van der Waals surface area (Å²) in [5.74, 6) is 0. The second kappa shape index (κ2) is 5.98. The van der Waals surface area contributed by atoms with Crippen LogP contribution in [0.1, 0.15) is 32.1 Å². The third kappa shape index (κ3) is 2.58. The second-order valence-electron chi connectivity index (χ2n) is 6.34. The summed E-state index contributed by atoms with van der Waals surface area (Å²) in [5.41, 5.74) is 0.619. The smallest absolute Gasteiger partial charge is 0.105 e. The molecule has 3 aliphatic rings. The Morgan fingerprint density at radius 3 is 2.80 bits per heavy atom. The highest BCUT2D eigenvalue weighted by Crippen LogP contribution is 2.33. The number of piperidine rings is 1. The van der Waals surface area contributed by atoms with Crippen LogP contribution >= 0.6 is 0 Å². The van der Waals surface area contributed by atoms with Crippen molar-refractivity contribution in [2.24, 2.45) is 0 Å². The van der Waals surface area contributed by atoms with E-state index in [-0.39, 0.29) is 18.7 Å². The van der Waals surface area contributed by atoms with Gasteiger partial charge >= 0.3 is 0 Å². The van der Waals surface area contributed by atoms with Crippen LogP contribution in [0.5, 0.6) is 0 Å². The van der Waals surface area contributed by atoms with E-state index in [9.17, 15) is 10.2 Å². The van der Waals surface area contributed by atoms with Gasteiger partial charge in [0, 0.05) is 19.1 Å². The van der Waals surface area contributed by atoms with Crippen molar-refractivity contribution in [2.45, 2.75) is 49.8 Å². The standard InChI is InChI=1S/C16H26N2O2/c19-10-14(13-6-2-1-3-7-13)18-9-5-4-8-15(18)16(20)11-17-12-16/h2,6-7,14-15,17,19-20H,1,3-5,8-12H2/t14-,15+/m1/s1. The molecule has 0 aromatic rings. The van der Waals surface area contributed by atoms with Crippen molar-refractivity contribution in [1.29, 1.82) is 0 Å². The Balaban J connectivity index is 1.80. The third-order valence-electron chi connectivity index (χ3n) is 5.01. The molecule has 0 amide bonds. The molecule has 2 fully saturated rings. The van der Waals surface area contributed by atoms with Gasteiger partial charge in [-0.25, -0.2) is 0 Å². The zero-order chi connectivity index (χ0) is 14.0. The van der Waals surface area contributed by atoms with E-state index < -0.39 is 5.60 Å². The SMILES string of the molecule is OC[C@H](C1=CCCC=C1)N1CCCC[C@H]1C1(O)CNC1. The quantitative estimate of drug-likeness (QED) is 0.712. The number of hydrogen-bond acceptors (Lipinski definition) is 4. The lowest BCUT2D eigenvalue weighted by atomic mass is 9.80. The molecule has 0 aromatic heterocycles. The first-order valence-corrected chi connectivity index (χ1v) is 7.91. The number of nitrogens with zero attached hydrogens (tertiary/aromatic N) is 1. The fourth-order valence-corrected chi connectivity index (χ4v) is 3.80. The monoisotopic (exact) mass is 278 g/mol. The van der Waals surface area contributed by atoms with E-state index in [4.69, 9.17) is 0 Å². The first kappa shape index (κ1) is 14.3. The molecular formula is C16H26N2O2. The van der Waals surface area contributed by atoms with Gasteiger partial charge in [-0.3, -0.25) is 4.90 Å².